The predicted molar refractivity (Wildman–Crippen MR) is 398 cm³/mol. The van der Waals surface area contributed by atoms with Crippen molar-refractivity contribution >= 4 is 11.9 Å². The van der Waals surface area contributed by atoms with E-state index in [9.17, 15) is 14.7 Å². The standard InChI is InChI=1S/C85H132O5/c1-3-5-7-9-11-13-15-17-19-21-23-25-27-29-31-33-35-37-39-40-41-42-43-44-46-48-50-52-54-56-58-60-62-64-66-68-70-72-74-76-78-80-85(88)90-83(81-86)82-89-84(87)79-77-75-73-71-69-67-65-63-61-59-57-55-53-51-49-47-45-38-36-34-32-30-28-26-24-22-20-18-16-14-12-10-8-6-4-2/h5-8,11-14,17-20,23-26,29-32,35-38,40-41,43-44,47-50,53,55,59,61,83,86H,3-4,9-10,15-16,21-22,27-28,33-34,39,42,45-46,51-52,54,56-58,60,62-82H2,1-2H3/b7-5-,8-6-,13-11-,14-12-,19-17-,20-18-,25-23-,26-24-,31-29-,32-30-,37-35-,38-36-,41-40-,44-43-,49-47-,50-48-,55-53-,61-59-. The molecule has 0 amide bonds. The number of hydrogen-bond acceptors (Lipinski definition) is 5. The molecule has 0 fully saturated rings. The first-order chi connectivity index (χ1) is 44.6. The number of unbranched alkanes of at least 4 members (excludes halogenated alkanes) is 20. The molecule has 0 rings (SSSR count). The molecular formula is C85H132O5. The molecule has 0 aliphatic rings. The summed E-state index contributed by atoms with van der Waals surface area (Å²) in [5.74, 6) is -0.615. The maximum absolute atomic E-state index is 12.4. The molecule has 1 unspecified atom stereocenters. The van der Waals surface area contributed by atoms with Crippen molar-refractivity contribution in [3.05, 3.63) is 219 Å². The van der Waals surface area contributed by atoms with Crippen molar-refractivity contribution in [2.45, 2.75) is 290 Å². The topological polar surface area (TPSA) is 72.8 Å². The molecule has 0 saturated heterocycles. The third-order valence-electron chi connectivity index (χ3n) is 14.8. The first kappa shape index (κ1) is 84.2. The van der Waals surface area contributed by atoms with Crippen LogP contribution in [0.4, 0.5) is 0 Å². The Kier molecular flexibility index (Phi) is 72.5. The lowest BCUT2D eigenvalue weighted by Gasteiger charge is -2.15. The van der Waals surface area contributed by atoms with E-state index in [4.69, 9.17) is 9.47 Å². The second kappa shape index (κ2) is 77.5. The van der Waals surface area contributed by atoms with Crippen LogP contribution >= 0.6 is 0 Å². The van der Waals surface area contributed by atoms with Gasteiger partial charge in [0.05, 0.1) is 6.61 Å². The number of rotatable bonds is 64. The first-order valence-electron chi connectivity index (χ1n) is 36.3. The molecule has 0 aromatic rings. The lowest BCUT2D eigenvalue weighted by Crippen LogP contribution is -2.28. The van der Waals surface area contributed by atoms with E-state index in [2.05, 4.69) is 233 Å². The van der Waals surface area contributed by atoms with Crippen molar-refractivity contribution < 1.29 is 24.2 Å². The maximum atomic E-state index is 12.4. The summed E-state index contributed by atoms with van der Waals surface area (Å²) in [5, 5.41) is 9.71. The Bertz CT molecular complexity index is 2130. The SMILES string of the molecule is CC/C=C\C/C=C\C/C=C\C/C=C\C/C=C\C/C=C\C/C=C\C/C=C\C/C=C\CCCCCCCCCCCCCCCC(=O)OC(CO)COC(=O)CCCCCCCCC/C=C\C/C=C\C/C=C\C/C=C\C/C=C\C/C=C\C/C=C\C/C=C\C/C=C\CC. The smallest absolute Gasteiger partial charge is 0.306 e. The van der Waals surface area contributed by atoms with Crippen LogP contribution in [0.15, 0.2) is 219 Å². The maximum Gasteiger partial charge on any atom is 0.306 e. The molecule has 0 aromatic heterocycles. The number of ether oxygens (including phenoxy) is 2. The highest BCUT2D eigenvalue weighted by atomic mass is 16.6. The molecule has 0 bridgehead atoms. The Morgan fingerprint density at radius 2 is 0.444 bits per heavy atom. The zero-order valence-corrected chi connectivity index (χ0v) is 57.6. The van der Waals surface area contributed by atoms with Gasteiger partial charge in [-0.1, -0.05) is 335 Å². The number of hydrogen-bond donors (Lipinski definition) is 1. The third kappa shape index (κ3) is 74.7. The molecule has 0 aromatic carbocycles. The van der Waals surface area contributed by atoms with Crippen LogP contribution in [0.3, 0.4) is 0 Å². The second-order valence-electron chi connectivity index (χ2n) is 23.2. The van der Waals surface area contributed by atoms with Crippen LogP contribution < -0.4 is 0 Å². The van der Waals surface area contributed by atoms with Crippen LogP contribution in [0.5, 0.6) is 0 Å². The van der Waals surface area contributed by atoms with Gasteiger partial charge in [-0.15, -0.1) is 0 Å². The molecule has 90 heavy (non-hydrogen) atoms. The van der Waals surface area contributed by atoms with E-state index in [-0.39, 0.29) is 25.2 Å². The van der Waals surface area contributed by atoms with Gasteiger partial charge < -0.3 is 14.6 Å². The van der Waals surface area contributed by atoms with E-state index in [1.165, 1.54) is 96.3 Å². The molecule has 1 atom stereocenters. The molecule has 0 spiro atoms. The molecule has 0 aliphatic heterocycles. The normalized spacial score (nSPS) is 13.6. The monoisotopic (exact) mass is 1230 g/mol. The minimum absolute atomic E-state index is 0.0844. The van der Waals surface area contributed by atoms with Gasteiger partial charge in [-0.2, -0.15) is 0 Å². The van der Waals surface area contributed by atoms with Crippen LogP contribution in [0.25, 0.3) is 0 Å². The van der Waals surface area contributed by atoms with Crippen molar-refractivity contribution in [1.29, 1.82) is 0 Å². The van der Waals surface area contributed by atoms with Gasteiger partial charge in [0.2, 0.25) is 0 Å². The van der Waals surface area contributed by atoms with Crippen molar-refractivity contribution in [3.8, 4) is 0 Å². The van der Waals surface area contributed by atoms with Gasteiger partial charge in [0.1, 0.15) is 6.61 Å². The molecule has 0 saturated carbocycles. The lowest BCUT2D eigenvalue weighted by atomic mass is 10.0. The first-order valence-corrected chi connectivity index (χ1v) is 36.3. The van der Waals surface area contributed by atoms with Crippen LogP contribution in [-0.4, -0.2) is 36.4 Å². The largest absolute Gasteiger partial charge is 0.462 e. The van der Waals surface area contributed by atoms with E-state index >= 15 is 0 Å². The predicted octanol–water partition coefficient (Wildman–Crippen LogP) is 25.9. The molecule has 0 heterocycles. The Labute approximate surface area is 554 Å². The quantitative estimate of drug-likeness (QED) is 0.0373. The van der Waals surface area contributed by atoms with Crippen LogP contribution in [0.2, 0.25) is 0 Å². The second-order valence-corrected chi connectivity index (χ2v) is 23.2. The minimum Gasteiger partial charge on any atom is -0.462 e. The average molecular weight is 1230 g/mol. The van der Waals surface area contributed by atoms with E-state index in [0.29, 0.717) is 12.8 Å². The minimum atomic E-state index is -0.795. The fourth-order valence-electron chi connectivity index (χ4n) is 9.42. The third-order valence-corrected chi connectivity index (χ3v) is 14.8. The molecule has 0 radical (unpaired) electrons. The summed E-state index contributed by atoms with van der Waals surface area (Å²) in [7, 11) is 0. The van der Waals surface area contributed by atoms with Gasteiger partial charge in [0.15, 0.2) is 6.10 Å². The van der Waals surface area contributed by atoms with E-state index in [1.807, 2.05) is 0 Å². The summed E-state index contributed by atoms with van der Waals surface area (Å²) in [4.78, 5) is 24.7. The van der Waals surface area contributed by atoms with E-state index in [0.717, 1.165) is 161 Å². The van der Waals surface area contributed by atoms with Crippen LogP contribution in [0, 0.1) is 0 Å². The average Bonchev–Trinajstić information content (AvgIpc) is 3.60. The van der Waals surface area contributed by atoms with Crippen molar-refractivity contribution in [1.82, 2.24) is 0 Å². The molecule has 1 N–H and O–H groups in total. The van der Waals surface area contributed by atoms with Gasteiger partial charge in [-0.25, -0.2) is 0 Å². The fraction of sp³-hybridized carbons (Fsp3) is 0.553. The van der Waals surface area contributed by atoms with E-state index in [1.54, 1.807) is 0 Å². The summed E-state index contributed by atoms with van der Waals surface area (Å²) in [6.07, 6.45) is 125. The highest BCUT2D eigenvalue weighted by molar-refractivity contribution is 5.70. The Morgan fingerprint density at radius 3 is 0.667 bits per heavy atom. The molecule has 5 nitrogen and oxygen atoms in total. The Morgan fingerprint density at radius 1 is 0.256 bits per heavy atom. The molecular weight excluding hydrogens is 1100 g/mol. The Hall–Kier alpha value is -5.78. The number of esters is 2. The summed E-state index contributed by atoms with van der Waals surface area (Å²) in [6, 6.07) is 0. The molecule has 5 heteroatoms. The number of aliphatic hydroxyl groups is 1. The van der Waals surface area contributed by atoms with Crippen molar-refractivity contribution in [2.24, 2.45) is 0 Å². The number of allylic oxidation sites excluding steroid dienone is 36. The highest BCUT2D eigenvalue weighted by Gasteiger charge is 2.16. The van der Waals surface area contributed by atoms with E-state index < -0.39 is 6.10 Å². The van der Waals surface area contributed by atoms with Gasteiger partial charge >= 0.3 is 11.9 Å². The number of carbonyl (C=O) groups excluding carboxylic acids is 2. The summed E-state index contributed by atoms with van der Waals surface area (Å²) in [5.41, 5.74) is 0. The van der Waals surface area contributed by atoms with Gasteiger partial charge in [0.25, 0.3) is 0 Å². The fourth-order valence-corrected chi connectivity index (χ4v) is 9.42. The molecule has 0 aliphatic carbocycles. The zero-order chi connectivity index (χ0) is 64.7. The lowest BCUT2D eigenvalue weighted by molar-refractivity contribution is -0.161. The summed E-state index contributed by atoms with van der Waals surface area (Å²) < 4.78 is 10.7. The number of carbonyl (C=O) groups is 2. The van der Waals surface area contributed by atoms with Crippen molar-refractivity contribution in [3.63, 3.8) is 0 Å². The van der Waals surface area contributed by atoms with Crippen molar-refractivity contribution in [2.75, 3.05) is 13.2 Å². The van der Waals surface area contributed by atoms with Gasteiger partial charge in [-0.05, 0) is 154 Å². The van der Waals surface area contributed by atoms with Crippen LogP contribution in [0.1, 0.15) is 284 Å². The summed E-state index contributed by atoms with van der Waals surface area (Å²) >= 11 is 0. The summed E-state index contributed by atoms with van der Waals surface area (Å²) in [6.45, 7) is 3.90. The highest BCUT2D eigenvalue weighted by Crippen LogP contribution is 2.15. The zero-order valence-electron chi connectivity index (χ0n) is 57.6. The van der Waals surface area contributed by atoms with Gasteiger partial charge in [0, 0.05) is 12.8 Å². The number of aliphatic hydroxyl groups excluding tert-OH is 1. The van der Waals surface area contributed by atoms with Crippen LogP contribution in [-0.2, 0) is 19.1 Å². The Balaban J connectivity index is 3.59. The molecule has 502 valence electrons. The van der Waals surface area contributed by atoms with Gasteiger partial charge in [-0.3, -0.25) is 9.59 Å².